The molecular formula is C17H27ClN2O. The van der Waals surface area contributed by atoms with E-state index in [0.717, 1.165) is 12.0 Å². The van der Waals surface area contributed by atoms with Crippen LogP contribution in [0.4, 0.5) is 0 Å². The summed E-state index contributed by atoms with van der Waals surface area (Å²) in [6, 6.07) is 10.1. The summed E-state index contributed by atoms with van der Waals surface area (Å²) in [6.45, 7) is 2.25. The van der Waals surface area contributed by atoms with Crippen LogP contribution in [0.15, 0.2) is 30.3 Å². The normalized spacial score (nSPS) is 23.0. The minimum Gasteiger partial charge on any atom is -0.342 e. The number of nitrogens with zero attached hydrogens (tertiary/aromatic N) is 1. The van der Waals surface area contributed by atoms with Gasteiger partial charge in [0.05, 0.1) is 0 Å². The Morgan fingerprint density at radius 2 is 1.90 bits per heavy atom. The van der Waals surface area contributed by atoms with Gasteiger partial charge in [-0.3, -0.25) is 4.79 Å². The molecule has 21 heavy (non-hydrogen) atoms. The zero-order chi connectivity index (χ0) is 14.5. The van der Waals surface area contributed by atoms with Crippen molar-refractivity contribution in [1.29, 1.82) is 0 Å². The number of nitrogens with two attached hydrogens (primary N) is 1. The molecule has 4 heteroatoms. The first kappa shape index (κ1) is 18.0. The van der Waals surface area contributed by atoms with Gasteiger partial charge in [-0.15, -0.1) is 12.4 Å². The van der Waals surface area contributed by atoms with Crippen molar-refractivity contribution in [1.82, 2.24) is 4.90 Å². The van der Waals surface area contributed by atoms with Crippen molar-refractivity contribution in [3.63, 3.8) is 0 Å². The van der Waals surface area contributed by atoms with Crippen molar-refractivity contribution >= 4 is 18.3 Å². The summed E-state index contributed by atoms with van der Waals surface area (Å²) in [5.41, 5.74) is 7.18. The van der Waals surface area contributed by atoms with E-state index in [9.17, 15) is 4.79 Å². The first-order valence-corrected chi connectivity index (χ1v) is 7.65. The average molecular weight is 311 g/mol. The van der Waals surface area contributed by atoms with E-state index in [4.69, 9.17) is 5.73 Å². The van der Waals surface area contributed by atoms with Crippen LogP contribution in [-0.4, -0.2) is 23.9 Å². The third-order valence-corrected chi connectivity index (χ3v) is 4.58. The van der Waals surface area contributed by atoms with Crippen molar-refractivity contribution in [2.45, 2.75) is 51.1 Å². The second-order valence-corrected chi connectivity index (χ2v) is 6.06. The summed E-state index contributed by atoms with van der Waals surface area (Å²) in [4.78, 5) is 14.4. The molecular weight excluding hydrogens is 284 g/mol. The SMILES string of the molecule is CC1CCCCC1N(C)C(=O)CC(N)c1ccccc1.Cl. The number of halogens is 1. The molecule has 1 aliphatic rings. The lowest BCUT2D eigenvalue weighted by molar-refractivity contribution is -0.134. The van der Waals surface area contributed by atoms with Crippen LogP contribution in [0.5, 0.6) is 0 Å². The Balaban J connectivity index is 0.00000220. The van der Waals surface area contributed by atoms with Gasteiger partial charge in [0, 0.05) is 25.6 Å². The number of hydrogen-bond acceptors (Lipinski definition) is 2. The van der Waals surface area contributed by atoms with Crippen molar-refractivity contribution in [3.05, 3.63) is 35.9 Å². The third kappa shape index (κ3) is 4.72. The fraction of sp³-hybridized carbons (Fsp3) is 0.588. The van der Waals surface area contributed by atoms with E-state index in [1.54, 1.807) is 0 Å². The standard InChI is InChI=1S/C17H26N2O.ClH/c1-13-8-6-7-11-16(13)19(2)17(20)12-15(18)14-9-4-3-5-10-14;/h3-5,9-10,13,15-16H,6-8,11-12,18H2,1-2H3;1H. The molecule has 0 aromatic heterocycles. The molecule has 3 unspecified atom stereocenters. The maximum atomic E-state index is 12.4. The smallest absolute Gasteiger partial charge is 0.224 e. The Hall–Kier alpha value is -1.06. The molecule has 118 valence electrons. The molecule has 1 amide bonds. The number of benzene rings is 1. The van der Waals surface area contributed by atoms with Gasteiger partial charge in [-0.25, -0.2) is 0 Å². The molecule has 0 heterocycles. The number of carbonyl (C=O) groups is 1. The lowest BCUT2D eigenvalue weighted by Gasteiger charge is -2.36. The molecule has 1 aliphatic carbocycles. The molecule has 3 atom stereocenters. The van der Waals surface area contributed by atoms with Gasteiger partial charge in [-0.1, -0.05) is 50.1 Å². The van der Waals surface area contributed by atoms with Gasteiger partial charge in [0.15, 0.2) is 0 Å². The first-order chi connectivity index (χ1) is 9.59. The summed E-state index contributed by atoms with van der Waals surface area (Å²) in [5, 5.41) is 0. The molecule has 0 radical (unpaired) electrons. The minimum atomic E-state index is -0.204. The van der Waals surface area contributed by atoms with E-state index in [1.807, 2.05) is 42.3 Å². The molecule has 0 aliphatic heterocycles. The van der Waals surface area contributed by atoms with Crippen LogP contribution in [0.1, 0.15) is 50.6 Å². The second-order valence-electron chi connectivity index (χ2n) is 6.06. The van der Waals surface area contributed by atoms with E-state index in [1.165, 1.54) is 19.3 Å². The Morgan fingerprint density at radius 3 is 2.52 bits per heavy atom. The number of rotatable bonds is 4. The molecule has 2 rings (SSSR count). The van der Waals surface area contributed by atoms with E-state index >= 15 is 0 Å². The fourth-order valence-corrected chi connectivity index (χ4v) is 3.21. The highest BCUT2D eigenvalue weighted by Crippen LogP contribution is 2.28. The molecule has 2 N–H and O–H groups in total. The topological polar surface area (TPSA) is 46.3 Å². The number of carbonyl (C=O) groups excluding carboxylic acids is 1. The monoisotopic (exact) mass is 310 g/mol. The summed E-state index contributed by atoms with van der Waals surface area (Å²) in [5.74, 6) is 0.769. The van der Waals surface area contributed by atoms with Gasteiger partial charge < -0.3 is 10.6 Å². The van der Waals surface area contributed by atoms with Gasteiger partial charge in [0.25, 0.3) is 0 Å². The zero-order valence-corrected chi connectivity index (χ0v) is 13.8. The predicted molar refractivity (Wildman–Crippen MR) is 89.4 cm³/mol. The Morgan fingerprint density at radius 1 is 1.29 bits per heavy atom. The lowest BCUT2D eigenvalue weighted by Crippen LogP contribution is -2.43. The Labute approximate surface area is 134 Å². The highest BCUT2D eigenvalue weighted by Gasteiger charge is 2.28. The molecule has 1 aromatic rings. The van der Waals surface area contributed by atoms with Gasteiger partial charge in [-0.2, -0.15) is 0 Å². The van der Waals surface area contributed by atoms with Crippen LogP contribution >= 0.6 is 12.4 Å². The van der Waals surface area contributed by atoms with Gasteiger partial charge >= 0.3 is 0 Å². The second kappa shape index (κ2) is 8.40. The Kier molecular flexibility index (Phi) is 7.20. The third-order valence-electron chi connectivity index (χ3n) is 4.58. The number of amides is 1. The highest BCUT2D eigenvalue weighted by atomic mass is 35.5. The molecule has 0 spiro atoms. The minimum absolute atomic E-state index is 0. The van der Waals surface area contributed by atoms with Crippen LogP contribution in [0, 0.1) is 5.92 Å². The van der Waals surface area contributed by atoms with Crippen molar-refractivity contribution in [3.8, 4) is 0 Å². The summed E-state index contributed by atoms with van der Waals surface area (Å²) < 4.78 is 0. The van der Waals surface area contributed by atoms with E-state index < -0.39 is 0 Å². The van der Waals surface area contributed by atoms with Crippen LogP contribution in [-0.2, 0) is 4.79 Å². The maximum absolute atomic E-state index is 12.4. The molecule has 0 bridgehead atoms. The van der Waals surface area contributed by atoms with E-state index in [-0.39, 0.29) is 24.4 Å². The quantitative estimate of drug-likeness (QED) is 0.924. The first-order valence-electron chi connectivity index (χ1n) is 7.65. The van der Waals surface area contributed by atoms with Crippen LogP contribution in [0.25, 0.3) is 0 Å². The van der Waals surface area contributed by atoms with Crippen molar-refractivity contribution in [2.75, 3.05) is 7.05 Å². The van der Waals surface area contributed by atoms with E-state index in [2.05, 4.69) is 6.92 Å². The summed E-state index contributed by atoms with van der Waals surface area (Å²) in [6.07, 6.45) is 5.28. The fourth-order valence-electron chi connectivity index (χ4n) is 3.21. The predicted octanol–water partition coefficient (Wildman–Crippen LogP) is 3.54. The lowest BCUT2D eigenvalue weighted by atomic mass is 9.85. The van der Waals surface area contributed by atoms with E-state index in [0.29, 0.717) is 18.4 Å². The molecule has 1 aromatic carbocycles. The highest BCUT2D eigenvalue weighted by molar-refractivity contribution is 5.85. The van der Waals surface area contributed by atoms with Crippen molar-refractivity contribution in [2.24, 2.45) is 11.7 Å². The summed E-state index contributed by atoms with van der Waals surface area (Å²) >= 11 is 0. The molecule has 0 saturated heterocycles. The summed E-state index contributed by atoms with van der Waals surface area (Å²) in [7, 11) is 1.94. The van der Waals surface area contributed by atoms with Gasteiger partial charge in [0.1, 0.15) is 0 Å². The number of hydrogen-bond donors (Lipinski definition) is 1. The van der Waals surface area contributed by atoms with Crippen LogP contribution in [0.3, 0.4) is 0 Å². The molecule has 3 nitrogen and oxygen atoms in total. The molecule has 1 saturated carbocycles. The van der Waals surface area contributed by atoms with Gasteiger partial charge in [-0.05, 0) is 24.3 Å². The van der Waals surface area contributed by atoms with Crippen LogP contribution in [0.2, 0.25) is 0 Å². The maximum Gasteiger partial charge on any atom is 0.224 e. The zero-order valence-electron chi connectivity index (χ0n) is 13.0. The Bertz CT molecular complexity index is 438. The largest absolute Gasteiger partial charge is 0.342 e. The van der Waals surface area contributed by atoms with Crippen LogP contribution < -0.4 is 5.73 Å². The average Bonchev–Trinajstić information content (AvgIpc) is 2.48. The van der Waals surface area contributed by atoms with Crippen molar-refractivity contribution < 1.29 is 4.79 Å². The van der Waals surface area contributed by atoms with Gasteiger partial charge in [0.2, 0.25) is 5.91 Å². The molecule has 1 fully saturated rings.